The van der Waals surface area contributed by atoms with Gasteiger partial charge in [0, 0.05) is 20.1 Å². The van der Waals surface area contributed by atoms with Crippen LogP contribution in [0.5, 0.6) is 0 Å². The SMILES string of the molecule is CCN(C(C)C(=O)N(C)C)C1CCCC1CN. The van der Waals surface area contributed by atoms with Crippen LogP contribution in [0.3, 0.4) is 0 Å². The summed E-state index contributed by atoms with van der Waals surface area (Å²) in [7, 11) is 3.64. The highest BCUT2D eigenvalue weighted by molar-refractivity contribution is 5.81. The average molecular weight is 241 g/mol. The molecule has 100 valence electrons. The second kappa shape index (κ2) is 6.36. The van der Waals surface area contributed by atoms with Crippen molar-refractivity contribution in [2.45, 2.75) is 45.2 Å². The van der Waals surface area contributed by atoms with Gasteiger partial charge < -0.3 is 10.6 Å². The van der Waals surface area contributed by atoms with E-state index in [9.17, 15) is 4.79 Å². The predicted molar refractivity (Wildman–Crippen MR) is 70.7 cm³/mol. The number of hydrogen-bond acceptors (Lipinski definition) is 3. The third-order valence-corrected chi connectivity index (χ3v) is 4.01. The normalized spacial score (nSPS) is 26.2. The van der Waals surface area contributed by atoms with Gasteiger partial charge in [0.15, 0.2) is 0 Å². The van der Waals surface area contributed by atoms with E-state index in [1.807, 2.05) is 21.0 Å². The van der Waals surface area contributed by atoms with Crippen LogP contribution in [0.4, 0.5) is 0 Å². The van der Waals surface area contributed by atoms with E-state index in [0.29, 0.717) is 12.0 Å². The molecule has 3 atom stereocenters. The molecule has 0 radical (unpaired) electrons. The smallest absolute Gasteiger partial charge is 0.239 e. The molecule has 0 bridgehead atoms. The van der Waals surface area contributed by atoms with Crippen LogP contribution < -0.4 is 5.73 Å². The van der Waals surface area contributed by atoms with Crippen molar-refractivity contribution in [1.82, 2.24) is 9.80 Å². The topological polar surface area (TPSA) is 49.6 Å². The number of hydrogen-bond donors (Lipinski definition) is 1. The van der Waals surface area contributed by atoms with Gasteiger partial charge >= 0.3 is 0 Å². The molecular formula is C13H27N3O. The molecule has 0 aromatic heterocycles. The van der Waals surface area contributed by atoms with Gasteiger partial charge in [-0.05, 0) is 38.8 Å². The van der Waals surface area contributed by atoms with E-state index in [0.717, 1.165) is 13.1 Å². The molecule has 0 saturated heterocycles. The number of nitrogens with zero attached hydrogens (tertiary/aromatic N) is 2. The van der Waals surface area contributed by atoms with Crippen molar-refractivity contribution in [3.05, 3.63) is 0 Å². The van der Waals surface area contributed by atoms with Crippen molar-refractivity contribution in [1.29, 1.82) is 0 Å². The summed E-state index contributed by atoms with van der Waals surface area (Å²) in [6, 6.07) is 0.455. The van der Waals surface area contributed by atoms with Crippen molar-refractivity contribution < 1.29 is 4.79 Å². The lowest BCUT2D eigenvalue weighted by atomic mass is 10.0. The maximum Gasteiger partial charge on any atom is 0.239 e. The summed E-state index contributed by atoms with van der Waals surface area (Å²) in [6.45, 7) is 5.80. The standard InChI is InChI=1S/C13H27N3O/c1-5-16(10(2)13(17)15(3)4)12-8-6-7-11(12)9-14/h10-12H,5-9,14H2,1-4H3. The van der Waals surface area contributed by atoms with Gasteiger partial charge in [0.2, 0.25) is 5.91 Å². The Morgan fingerprint density at radius 1 is 1.41 bits per heavy atom. The van der Waals surface area contributed by atoms with Crippen LogP contribution >= 0.6 is 0 Å². The first kappa shape index (κ1) is 14.5. The molecule has 1 aliphatic carbocycles. The second-order valence-corrected chi connectivity index (χ2v) is 5.23. The van der Waals surface area contributed by atoms with Crippen LogP contribution in [0.25, 0.3) is 0 Å². The van der Waals surface area contributed by atoms with Gasteiger partial charge in [-0.15, -0.1) is 0 Å². The third kappa shape index (κ3) is 3.19. The molecular weight excluding hydrogens is 214 g/mol. The number of amides is 1. The van der Waals surface area contributed by atoms with Gasteiger partial charge in [-0.3, -0.25) is 9.69 Å². The molecule has 17 heavy (non-hydrogen) atoms. The van der Waals surface area contributed by atoms with Gasteiger partial charge in [-0.25, -0.2) is 0 Å². The maximum atomic E-state index is 12.0. The summed E-state index contributed by atoms with van der Waals surface area (Å²) >= 11 is 0. The van der Waals surface area contributed by atoms with Crippen molar-refractivity contribution >= 4 is 5.91 Å². The summed E-state index contributed by atoms with van der Waals surface area (Å²) in [6.07, 6.45) is 3.63. The molecule has 0 aliphatic heterocycles. The molecule has 0 heterocycles. The molecule has 0 aromatic carbocycles. The van der Waals surface area contributed by atoms with E-state index < -0.39 is 0 Å². The average Bonchev–Trinajstić information content (AvgIpc) is 2.76. The molecule has 1 rings (SSSR count). The lowest BCUT2D eigenvalue weighted by Crippen LogP contribution is -2.51. The first-order valence-electron chi connectivity index (χ1n) is 6.69. The number of rotatable bonds is 5. The van der Waals surface area contributed by atoms with Gasteiger partial charge in [-0.1, -0.05) is 13.3 Å². The molecule has 2 N–H and O–H groups in total. The van der Waals surface area contributed by atoms with Crippen LogP contribution in [0.2, 0.25) is 0 Å². The zero-order chi connectivity index (χ0) is 13.0. The summed E-state index contributed by atoms with van der Waals surface area (Å²) < 4.78 is 0. The number of carbonyl (C=O) groups excluding carboxylic acids is 1. The lowest BCUT2D eigenvalue weighted by molar-refractivity contribution is -0.135. The van der Waals surface area contributed by atoms with E-state index in [1.54, 1.807) is 4.90 Å². The molecule has 0 spiro atoms. The van der Waals surface area contributed by atoms with Gasteiger partial charge in [0.25, 0.3) is 0 Å². The van der Waals surface area contributed by atoms with Gasteiger partial charge in [0.05, 0.1) is 6.04 Å². The van der Waals surface area contributed by atoms with Crippen molar-refractivity contribution in [2.75, 3.05) is 27.2 Å². The molecule has 1 fully saturated rings. The van der Waals surface area contributed by atoms with Crippen molar-refractivity contribution in [2.24, 2.45) is 11.7 Å². The molecule has 3 unspecified atom stereocenters. The van der Waals surface area contributed by atoms with Crippen LogP contribution in [-0.4, -0.2) is 55.0 Å². The largest absolute Gasteiger partial charge is 0.347 e. The number of nitrogens with two attached hydrogens (primary N) is 1. The van der Waals surface area contributed by atoms with Gasteiger partial charge in [0.1, 0.15) is 0 Å². The Morgan fingerprint density at radius 2 is 2.06 bits per heavy atom. The van der Waals surface area contributed by atoms with Crippen LogP contribution in [0.1, 0.15) is 33.1 Å². The quantitative estimate of drug-likeness (QED) is 0.778. The molecule has 4 nitrogen and oxygen atoms in total. The maximum absolute atomic E-state index is 12.0. The highest BCUT2D eigenvalue weighted by Gasteiger charge is 2.35. The lowest BCUT2D eigenvalue weighted by Gasteiger charge is -2.36. The van der Waals surface area contributed by atoms with Crippen LogP contribution in [0.15, 0.2) is 0 Å². The van der Waals surface area contributed by atoms with E-state index >= 15 is 0 Å². The molecule has 4 heteroatoms. The monoisotopic (exact) mass is 241 g/mol. The summed E-state index contributed by atoms with van der Waals surface area (Å²) in [5.74, 6) is 0.752. The van der Waals surface area contributed by atoms with E-state index in [2.05, 4.69) is 11.8 Å². The number of likely N-dealkylation sites (N-methyl/N-ethyl adjacent to an activating group) is 2. The zero-order valence-corrected chi connectivity index (χ0v) is 11.6. The first-order valence-corrected chi connectivity index (χ1v) is 6.69. The van der Waals surface area contributed by atoms with Crippen molar-refractivity contribution in [3.8, 4) is 0 Å². The summed E-state index contributed by atoms with van der Waals surface area (Å²) in [5, 5.41) is 0. The molecule has 1 aliphatic rings. The summed E-state index contributed by atoms with van der Waals surface area (Å²) in [5.41, 5.74) is 5.83. The Labute approximate surface area is 105 Å². The summed E-state index contributed by atoms with van der Waals surface area (Å²) in [4.78, 5) is 16.1. The Kier molecular flexibility index (Phi) is 5.40. The van der Waals surface area contributed by atoms with Crippen LogP contribution in [-0.2, 0) is 4.79 Å². The molecule has 1 amide bonds. The van der Waals surface area contributed by atoms with Crippen molar-refractivity contribution in [3.63, 3.8) is 0 Å². The fourth-order valence-electron chi connectivity index (χ4n) is 3.04. The minimum atomic E-state index is -0.0350. The Bertz CT molecular complexity index is 255. The Morgan fingerprint density at radius 3 is 2.53 bits per heavy atom. The minimum Gasteiger partial charge on any atom is -0.347 e. The molecule has 0 aromatic rings. The Hall–Kier alpha value is -0.610. The fourth-order valence-corrected chi connectivity index (χ4v) is 3.04. The molecule has 1 saturated carbocycles. The van der Waals surface area contributed by atoms with E-state index in [-0.39, 0.29) is 11.9 Å². The third-order valence-electron chi connectivity index (χ3n) is 4.01. The first-order chi connectivity index (χ1) is 8.02. The van der Waals surface area contributed by atoms with Gasteiger partial charge in [-0.2, -0.15) is 0 Å². The number of carbonyl (C=O) groups is 1. The van der Waals surface area contributed by atoms with E-state index in [1.165, 1.54) is 19.3 Å². The Balaban J connectivity index is 2.73. The van der Waals surface area contributed by atoms with E-state index in [4.69, 9.17) is 5.73 Å². The predicted octanol–water partition coefficient (Wildman–Crippen LogP) is 0.912. The minimum absolute atomic E-state index is 0.0350. The highest BCUT2D eigenvalue weighted by Crippen LogP contribution is 2.30. The second-order valence-electron chi connectivity index (χ2n) is 5.23. The zero-order valence-electron chi connectivity index (χ0n) is 11.6. The fraction of sp³-hybridized carbons (Fsp3) is 0.923. The van der Waals surface area contributed by atoms with Crippen LogP contribution in [0, 0.1) is 5.92 Å². The highest BCUT2D eigenvalue weighted by atomic mass is 16.2.